The molecule has 1 aromatic rings. The maximum absolute atomic E-state index is 12.0. The topological polar surface area (TPSA) is 20.2 Å². The summed E-state index contributed by atoms with van der Waals surface area (Å²) >= 11 is 1.42. The highest BCUT2D eigenvalue weighted by molar-refractivity contribution is 7.12. The van der Waals surface area contributed by atoms with Gasteiger partial charge in [0.1, 0.15) is 0 Å². The van der Waals surface area contributed by atoms with Gasteiger partial charge in [0.05, 0.1) is 5.60 Å². The van der Waals surface area contributed by atoms with Crippen molar-refractivity contribution in [2.45, 2.75) is 44.9 Å². The molecule has 0 saturated heterocycles. The Balaban J connectivity index is 2.52. The van der Waals surface area contributed by atoms with Crippen molar-refractivity contribution in [3.8, 4) is 0 Å². The van der Waals surface area contributed by atoms with Crippen molar-refractivity contribution < 1.29 is 18.3 Å². The lowest BCUT2D eigenvalue weighted by Crippen LogP contribution is -2.20. The Labute approximate surface area is 96.9 Å². The largest absolute Gasteiger partial charge is 0.389 e. The van der Waals surface area contributed by atoms with Crippen LogP contribution in [-0.4, -0.2) is 11.3 Å². The molecule has 0 radical (unpaired) electrons. The van der Waals surface area contributed by atoms with E-state index < -0.39 is 18.2 Å². The van der Waals surface area contributed by atoms with E-state index in [4.69, 9.17) is 0 Å². The molecule has 1 N–H and O–H groups in total. The van der Waals surface area contributed by atoms with Gasteiger partial charge < -0.3 is 5.11 Å². The lowest BCUT2D eigenvalue weighted by molar-refractivity contribution is -0.137. The second-order valence-corrected chi connectivity index (χ2v) is 5.44. The van der Waals surface area contributed by atoms with Gasteiger partial charge >= 0.3 is 6.18 Å². The molecule has 0 fully saturated rings. The third kappa shape index (κ3) is 4.14. The van der Waals surface area contributed by atoms with Crippen LogP contribution >= 0.6 is 11.3 Å². The number of alkyl halides is 3. The van der Waals surface area contributed by atoms with Gasteiger partial charge in [-0.25, -0.2) is 0 Å². The van der Waals surface area contributed by atoms with Crippen LogP contribution in [-0.2, 0) is 5.60 Å². The molecule has 0 spiro atoms. The van der Waals surface area contributed by atoms with Gasteiger partial charge in [-0.15, -0.1) is 11.3 Å². The van der Waals surface area contributed by atoms with E-state index in [0.29, 0.717) is 0 Å². The monoisotopic (exact) mass is 252 g/mol. The number of rotatable bonds is 4. The summed E-state index contributed by atoms with van der Waals surface area (Å²) in [7, 11) is 0. The molecule has 1 unspecified atom stereocenters. The molecule has 0 aromatic carbocycles. The molecule has 1 atom stereocenters. The van der Waals surface area contributed by atoms with Crippen molar-refractivity contribution in [1.82, 2.24) is 0 Å². The minimum atomic E-state index is -4.14. The quantitative estimate of drug-likeness (QED) is 0.858. The van der Waals surface area contributed by atoms with Crippen LogP contribution in [0.15, 0.2) is 12.1 Å². The van der Waals surface area contributed by atoms with Gasteiger partial charge in [0.25, 0.3) is 0 Å². The van der Waals surface area contributed by atoms with Crippen molar-refractivity contribution in [3.63, 3.8) is 0 Å². The first-order valence-electron chi connectivity index (χ1n) is 5.07. The maximum atomic E-state index is 12.0. The van der Waals surface area contributed by atoms with Crippen molar-refractivity contribution in [1.29, 1.82) is 0 Å². The highest BCUT2D eigenvalue weighted by Crippen LogP contribution is 2.33. The molecule has 0 bridgehead atoms. The smallest absolute Gasteiger partial charge is 0.385 e. The van der Waals surface area contributed by atoms with Crippen molar-refractivity contribution in [3.05, 3.63) is 21.9 Å². The Morgan fingerprint density at radius 2 is 1.88 bits per heavy atom. The number of aliphatic hydroxyl groups is 1. The average molecular weight is 252 g/mol. The fourth-order valence-electron chi connectivity index (χ4n) is 1.48. The van der Waals surface area contributed by atoms with E-state index in [1.165, 1.54) is 11.3 Å². The van der Waals surface area contributed by atoms with E-state index in [1.807, 2.05) is 13.0 Å². The lowest BCUT2D eigenvalue weighted by Gasteiger charge is -2.22. The molecule has 0 saturated carbocycles. The zero-order chi connectivity index (χ0) is 12.4. The predicted molar refractivity (Wildman–Crippen MR) is 58.5 cm³/mol. The number of halogens is 3. The summed E-state index contributed by atoms with van der Waals surface area (Å²) in [5, 5.41) is 10.0. The number of thiophene rings is 1. The van der Waals surface area contributed by atoms with Gasteiger partial charge in [-0.3, -0.25) is 0 Å². The first-order chi connectivity index (χ1) is 7.21. The zero-order valence-corrected chi connectivity index (χ0v) is 10.1. The molecule has 1 nitrogen and oxygen atoms in total. The summed E-state index contributed by atoms with van der Waals surface area (Å²) in [6, 6.07) is 3.63. The standard InChI is InChI=1S/C11H15F3OS/c1-8-4-5-9(16-8)10(2,15)6-3-7-11(12,13)14/h4-5,15H,3,6-7H2,1-2H3. The minimum Gasteiger partial charge on any atom is -0.385 e. The molecule has 16 heavy (non-hydrogen) atoms. The second-order valence-electron chi connectivity index (χ2n) is 4.15. The van der Waals surface area contributed by atoms with Crippen LogP contribution in [0.2, 0.25) is 0 Å². The summed E-state index contributed by atoms with van der Waals surface area (Å²) in [5.74, 6) is 0. The SMILES string of the molecule is Cc1ccc(C(C)(O)CCCC(F)(F)F)s1. The molecule has 0 aliphatic heterocycles. The fraction of sp³-hybridized carbons (Fsp3) is 0.636. The highest BCUT2D eigenvalue weighted by atomic mass is 32.1. The normalized spacial score (nSPS) is 16.1. The summed E-state index contributed by atoms with van der Waals surface area (Å²) in [6.07, 6.45) is -4.89. The molecule has 92 valence electrons. The third-order valence-corrected chi connectivity index (χ3v) is 3.65. The molecule has 1 heterocycles. The Morgan fingerprint density at radius 3 is 2.31 bits per heavy atom. The number of hydrogen-bond donors (Lipinski definition) is 1. The highest BCUT2D eigenvalue weighted by Gasteiger charge is 2.30. The number of aryl methyl sites for hydroxylation is 1. The summed E-state index contributed by atoms with van der Waals surface area (Å²) in [5.41, 5.74) is -1.15. The predicted octanol–water partition coefficient (Wildman–Crippen LogP) is 4.00. The van der Waals surface area contributed by atoms with Crippen LogP contribution in [0.1, 0.15) is 35.9 Å². The summed E-state index contributed by atoms with van der Waals surface area (Å²) < 4.78 is 35.9. The number of hydrogen-bond acceptors (Lipinski definition) is 2. The Hall–Kier alpha value is -0.550. The maximum Gasteiger partial charge on any atom is 0.389 e. The van der Waals surface area contributed by atoms with Crippen molar-refractivity contribution in [2.75, 3.05) is 0 Å². The van der Waals surface area contributed by atoms with Gasteiger partial charge in [0, 0.05) is 16.2 Å². The van der Waals surface area contributed by atoms with Gasteiger partial charge in [-0.05, 0) is 38.8 Å². The first-order valence-corrected chi connectivity index (χ1v) is 5.88. The Morgan fingerprint density at radius 1 is 1.25 bits per heavy atom. The van der Waals surface area contributed by atoms with Gasteiger partial charge in [0.2, 0.25) is 0 Å². The van der Waals surface area contributed by atoms with E-state index >= 15 is 0 Å². The van der Waals surface area contributed by atoms with E-state index in [-0.39, 0.29) is 12.8 Å². The Bertz CT molecular complexity index is 341. The van der Waals surface area contributed by atoms with Crippen LogP contribution in [0.3, 0.4) is 0 Å². The minimum absolute atomic E-state index is 0.0482. The third-order valence-electron chi connectivity index (χ3n) is 2.40. The molecule has 5 heteroatoms. The van der Waals surface area contributed by atoms with E-state index in [9.17, 15) is 18.3 Å². The van der Waals surface area contributed by atoms with E-state index in [1.54, 1.807) is 13.0 Å². The Kier molecular flexibility index (Phi) is 4.02. The van der Waals surface area contributed by atoms with Crippen LogP contribution < -0.4 is 0 Å². The lowest BCUT2D eigenvalue weighted by atomic mass is 9.97. The molecular weight excluding hydrogens is 237 g/mol. The van der Waals surface area contributed by atoms with E-state index in [2.05, 4.69) is 0 Å². The van der Waals surface area contributed by atoms with Gasteiger partial charge in [-0.2, -0.15) is 13.2 Å². The zero-order valence-electron chi connectivity index (χ0n) is 9.27. The molecule has 0 aliphatic carbocycles. The second kappa shape index (κ2) is 4.75. The molecule has 0 aliphatic rings. The van der Waals surface area contributed by atoms with E-state index in [0.717, 1.165) is 9.75 Å². The summed E-state index contributed by atoms with van der Waals surface area (Å²) in [4.78, 5) is 1.78. The molecular formula is C11H15F3OS. The van der Waals surface area contributed by atoms with Crippen LogP contribution in [0.5, 0.6) is 0 Å². The van der Waals surface area contributed by atoms with Crippen LogP contribution in [0.4, 0.5) is 13.2 Å². The fourth-order valence-corrected chi connectivity index (χ4v) is 2.42. The van der Waals surface area contributed by atoms with Crippen molar-refractivity contribution >= 4 is 11.3 Å². The molecule has 1 aromatic heterocycles. The van der Waals surface area contributed by atoms with Gasteiger partial charge in [-0.1, -0.05) is 0 Å². The van der Waals surface area contributed by atoms with Crippen LogP contribution in [0, 0.1) is 6.92 Å². The van der Waals surface area contributed by atoms with Crippen molar-refractivity contribution in [2.24, 2.45) is 0 Å². The van der Waals surface area contributed by atoms with Crippen LogP contribution in [0.25, 0.3) is 0 Å². The average Bonchev–Trinajstić information content (AvgIpc) is 2.49. The molecule has 1 rings (SSSR count). The first kappa shape index (κ1) is 13.5. The molecule has 0 amide bonds. The van der Waals surface area contributed by atoms with Gasteiger partial charge in [0.15, 0.2) is 0 Å². The summed E-state index contributed by atoms with van der Waals surface area (Å²) in [6.45, 7) is 3.47.